The first-order valence-electron chi connectivity index (χ1n) is 12.5. The van der Waals surface area contributed by atoms with E-state index in [0.29, 0.717) is 44.9 Å². The molecular formula is C30H35BrN2O3. The van der Waals surface area contributed by atoms with Crippen LogP contribution in [-0.2, 0) is 22.6 Å². The van der Waals surface area contributed by atoms with Gasteiger partial charge in [-0.2, -0.15) is 0 Å². The Labute approximate surface area is 223 Å². The Bertz CT molecular complexity index is 1070. The second kappa shape index (κ2) is 14.4. The van der Waals surface area contributed by atoms with Crippen molar-refractivity contribution in [2.75, 3.05) is 13.2 Å². The van der Waals surface area contributed by atoms with Crippen molar-refractivity contribution in [1.29, 1.82) is 0 Å². The predicted octanol–water partition coefficient (Wildman–Crippen LogP) is 6.02. The zero-order chi connectivity index (χ0) is 25.8. The molecule has 0 aliphatic rings. The van der Waals surface area contributed by atoms with Crippen LogP contribution >= 0.6 is 15.9 Å². The fraction of sp³-hybridized carbons (Fsp3) is 0.333. The average Bonchev–Trinajstić information content (AvgIpc) is 2.89. The van der Waals surface area contributed by atoms with Gasteiger partial charge in [0.15, 0.2) is 0 Å². The molecule has 5 nitrogen and oxygen atoms in total. The lowest BCUT2D eigenvalue weighted by Gasteiger charge is -2.32. The van der Waals surface area contributed by atoms with Crippen molar-refractivity contribution in [1.82, 2.24) is 10.2 Å². The zero-order valence-electron chi connectivity index (χ0n) is 21.0. The van der Waals surface area contributed by atoms with Gasteiger partial charge in [-0.3, -0.25) is 9.59 Å². The second-order valence-corrected chi connectivity index (χ2v) is 10.2. The molecule has 2 amide bonds. The van der Waals surface area contributed by atoms with Gasteiger partial charge >= 0.3 is 0 Å². The highest BCUT2D eigenvalue weighted by atomic mass is 79.9. The Kier molecular flexibility index (Phi) is 11.0. The first-order chi connectivity index (χ1) is 17.4. The maximum Gasteiger partial charge on any atom is 0.243 e. The summed E-state index contributed by atoms with van der Waals surface area (Å²) in [6, 6.07) is 26.7. The Hall–Kier alpha value is -3.12. The second-order valence-electron chi connectivity index (χ2n) is 9.26. The number of hydrogen-bond acceptors (Lipinski definition) is 3. The molecule has 0 fully saturated rings. The highest BCUT2D eigenvalue weighted by molar-refractivity contribution is 9.10. The SMILES string of the molecule is CC(C)CNC(=O)C(Cc1ccccc1)N(Cc1ccc(Br)cc1)C(=O)CCCOc1ccccc1. The summed E-state index contributed by atoms with van der Waals surface area (Å²) in [4.78, 5) is 28.7. The number of carbonyl (C=O) groups is 2. The molecule has 0 bridgehead atoms. The van der Waals surface area contributed by atoms with E-state index in [9.17, 15) is 9.59 Å². The van der Waals surface area contributed by atoms with Crippen LogP contribution in [0.3, 0.4) is 0 Å². The molecule has 6 heteroatoms. The van der Waals surface area contributed by atoms with Gasteiger partial charge in [-0.25, -0.2) is 0 Å². The minimum absolute atomic E-state index is 0.0600. The van der Waals surface area contributed by atoms with Gasteiger partial charge in [-0.05, 0) is 47.7 Å². The Morgan fingerprint density at radius 3 is 2.17 bits per heavy atom. The third kappa shape index (κ3) is 9.15. The number of halogens is 1. The van der Waals surface area contributed by atoms with E-state index in [2.05, 4.69) is 35.1 Å². The summed E-state index contributed by atoms with van der Waals surface area (Å²) in [6.07, 6.45) is 1.32. The standard InChI is InChI=1S/C30H35BrN2O3/c1-23(2)21-32-30(35)28(20-24-10-5-3-6-11-24)33(22-25-15-17-26(31)18-16-25)29(34)14-9-19-36-27-12-7-4-8-13-27/h3-8,10-13,15-18,23,28H,9,14,19-22H2,1-2H3,(H,32,35). The molecule has 1 atom stereocenters. The molecule has 1 N–H and O–H groups in total. The summed E-state index contributed by atoms with van der Waals surface area (Å²) in [5.74, 6) is 0.914. The molecule has 0 aliphatic carbocycles. The molecule has 3 aromatic rings. The van der Waals surface area contributed by atoms with E-state index in [1.54, 1.807) is 4.90 Å². The molecule has 0 aliphatic heterocycles. The molecule has 0 spiro atoms. The van der Waals surface area contributed by atoms with E-state index in [4.69, 9.17) is 4.74 Å². The van der Waals surface area contributed by atoms with E-state index in [1.807, 2.05) is 84.9 Å². The average molecular weight is 552 g/mol. The van der Waals surface area contributed by atoms with Crippen LogP contribution in [0, 0.1) is 5.92 Å². The van der Waals surface area contributed by atoms with Gasteiger partial charge in [0.25, 0.3) is 0 Å². The molecule has 0 radical (unpaired) electrons. The Morgan fingerprint density at radius 1 is 0.889 bits per heavy atom. The topological polar surface area (TPSA) is 58.6 Å². The van der Waals surface area contributed by atoms with Crippen LogP contribution in [0.4, 0.5) is 0 Å². The summed E-state index contributed by atoms with van der Waals surface area (Å²) in [5.41, 5.74) is 1.99. The molecule has 190 valence electrons. The number of benzene rings is 3. The molecule has 0 heterocycles. The molecule has 3 aromatic carbocycles. The number of nitrogens with one attached hydrogen (secondary N) is 1. The quantitative estimate of drug-likeness (QED) is 0.265. The van der Waals surface area contributed by atoms with E-state index in [0.717, 1.165) is 21.3 Å². The maximum atomic E-state index is 13.6. The summed E-state index contributed by atoms with van der Waals surface area (Å²) in [5, 5.41) is 3.06. The summed E-state index contributed by atoms with van der Waals surface area (Å²) >= 11 is 3.47. The number of hydrogen-bond donors (Lipinski definition) is 1. The number of nitrogens with zero attached hydrogens (tertiary/aromatic N) is 1. The number of para-hydroxylation sites is 1. The third-order valence-electron chi connectivity index (χ3n) is 5.77. The van der Waals surface area contributed by atoms with Gasteiger partial charge in [0.1, 0.15) is 11.8 Å². The Balaban J connectivity index is 1.78. The van der Waals surface area contributed by atoms with Gasteiger partial charge in [0.2, 0.25) is 11.8 Å². The normalized spacial score (nSPS) is 11.7. The first-order valence-corrected chi connectivity index (χ1v) is 13.2. The van der Waals surface area contributed by atoms with Crippen LogP contribution in [0.5, 0.6) is 5.75 Å². The monoisotopic (exact) mass is 550 g/mol. The number of amides is 2. The van der Waals surface area contributed by atoms with Gasteiger partial charge in [-0.1, -0.05) is 90.4 Å². The fourth-order valence-corrected chi connectivity index (χ4v) is 4.10. The molecular weight excluding hydrogens is 516 g/mol. The minimum atomic E-state index is -0.614. The van der Waals surface area contributed by atoms with E-state index >= 15 is 0 Å². The van der Waals surface area contributed by atoms with Crippen LogP contribution in [0.1, 0.15) is 37.8 Å². The molecule has 0 saturated heterocycles. The van der Waals surface area contributed by atoms with Crippen molar-refractivity contribution in [3.63, 3.8) is 0 Å². The van der Waals surface area contributed by atoms with Crippen LogP contribution in [0.2, 0.25) is 0 Å². The van der Waals surface area contributed by atoms with Crippen LogP contribution in [0.15, 0.2) is 89.4 Å². The van der Waals surface area contributed by atoms with Crippen LogP contribution in [0.25, 0.3) is 0 Å². The minimum Gasteiger partial charge on any atom is -0.494 e. The van der Waals surface area contributed by atoms with Crippen molar-refractivity contribution in [2.45, 2.75) is 45.7 Å². The molecule has 0 aromatic heterocycles. The van der Waals surface area contributed by atoms with Gasteiger partial charge in [0.05, 0.1) is 6.61 Å². The number of carbonyl (C=O) groups excluding carboxylic acids is 2. The van der Waals surface area contributed by atoms with Crippen molar-refractivity contribution >= 4 is 27.7 Å². The molecule has 1 unspecified atom stereocenters. The van der Waals surface area contributed by atoms with E-state index in [-0.39, 0.29) is 11.8 Å². The smallest absolute Gasteiger partial charge is 0.243 e. The molecule has 0 saturated carbocycles. The van der Waals surface area contributed by atoms with Crippen LogP contribution < -0.4 is 10.1 Å². The van der Waals surface area contributed by atoms with Crippen molar-refractivity contribution in [3.8, 4) is 5.75 Å². The van der Waals surface area contributed by atoms with Crippen molar-refractivity contribution in [3.05, 3.63) is 101 Å². The largest absolute Gasteiger partial charge is 0.494 e. The zero-order valence-corrected chi connectivity index (χ0v) is 22.6. The van der Waals surface area contributed by atoms with Gasteiger partial charge < -0.3 is 15.0 Å². The predicted molar refractivity (Wildman–Crippen MR) is 148 cm³/mol. The number of rotatable bonds is 13. The van der Waals surface area contributed by atoms with Gasteiger partial charge in [0, 0.05) is 30.4 Å². The fourth-order valence-electron chi connectivity index (χ4n) is 3.84. The number of ether oxygens (including phenoxy) is 1. The third-order valence-corrected chi connectivity index (χ3v) is 6.30. The first kappa shape index (κ1) is 27.5. The highest BCUT2D eigenvalue weighted by Crippen LogP contribution is 2.18. The summed E-state index contributed by atoms with van der Waals surface area (Å²) in [7, 11) is 0. The molecule has 3 rings (SSSR count). The molecule has 36 heavy (non-hydrogen) atoms. The lowest BCUT2D eigenvalue weighted by Crippen LogP contribution is -2.51. The lowest BCUT2D eigenvalue weighted by atomic mass is 10.0. The maximum absolute atomic E-state index is 13.6. The van der Waals surface area contributed by atoms with Crippen molar-refractivity contribution in [2.24, 2.45) is 5.92 Å². The lowest BCUT2D eigenvalue weighted by molar-refractivity contribution is -0.141. The highest BCUT2D eigenvalue weighted by Gasteiger charge is 2.30. The summed E-state index contributed by atoms with van der Waals surface area (Å²) < 4.78 is 6.75. The summed E-state index contributed by atoms with van der Waals surface area (Å²) in [6.45, 7) is 5.48. The Morgan fingerprint density at radius 2 is 1.53 bits per heavy atom. The van der Waals surface area contributed by atoms with Crippen LogP contribution in [-0.4, -0.2) is 35.9 Å². The van der Waals surface area contributed by atoms with Gasteiger partial charge in [-0.15, -0.1) is 0 Å². The van der Waals surface area contributed by atoms with Crippen molar-refractivity contribution < 1.29 is 14.3 Å². The van der Waals surface area contributed by atoms with E-state index < -0.39 is 6.04 Å². The van der Waals surface area contributed by atoms with E-state index in [1.165, 1.54) is 0 Å².